The van der Waals surface area contributed by atoms with E-state index in [1.807, 2.05) is 0 Å². The van der Waals surface area contributed by atoms with Gasteiger partial charge < -0.3 is 19.9 Å². The van der Waals surface area contributed by atoms with E-state index in [0.717, 1.165) is 0 Å². The maximum atomic E-state index is 11.2. The third kappa shape index (κ3) is 3.75. The lowest BCUT2D eigenvalue weighted by Gasteiger charge is -2.20. The Labute approximate surface area is 87.5 Å². The van der Waals surface area contributed by atoms with Crippen LogP contribution in [0.15, 0.2) is 0 Å². The highest BCUT2D eigenvalue weighted by Gasteiger charge is 2.35. The van der Waals surface area contributed by atoms with Gasteiger partial charge in [-0.1, -0.05) is 0 Å². The van der Waals surface area contributed by atoms with Crippen LogP contribution in [0.3, 0.4) is 0 Å². The van der Waals surface area contributed by atoms with E-state index < -0.39 is 30.0 Å². The first kappa shape index (κ1) is 11.8. The van der Waals surface area contributed by atoms with Gasteiger partial charge in [0.15, 0.2) is 0 Å². The number of esters is 1. The van der Waals surface area contributed by atoms with Gasteiger partial charge in [0.2, 0.25) is 6.29 Å². The minimum atomic E-state index is -1.14. The summed E-state index contributed by atoms with van der Waals surface area (Å²) in [4.78, 5) is 22.3. The van der Waals surface area contributed by atoms with Crippen LogP contribution in [-0.2, 0) is 14.3 Å². The van der Waals surface area contributed by atoms with Gasteiger partial charge in [0.25, 0.3) is 0 Å². The molecule has 2 atom stereocenters. The first-order chi connectivity index (χ1) is 6.78. The highest BCUT2D eigenvalue weighted by atomic mass is 16.6. The molecule has 1 amide bonds. The molecular formula is C9H15NO5. The maximum absolute atomic E-state index is 11.2. The Kier molecular flexibility index (Phi) is 3.18. The zero-order chi connectivity index (χ0) is 11.6. The van der Waals surface area contributed by atoms with Crippen LogP contribution in [0.1, 0.15) is 27.2 Å². The minimum absolute atomic E-state index is 0.0536. The van der Waals surface area contributed by atoms with Crippen LogP contribution in [0, 0.1) is 0 Å². The number of nitrogens with one attached hydrogen (secondary N) is 1. The van der Waals surface area contributed by atoms with Gasteiger partial charge in [-0.3, -0.25) is 0 Å². The number of aliphatic hydroxyl groups excluding tert-OH is 1. The van der Waals surface area contributed by atoms with E-state index in [2.05, 4.69) is 10.1 Å². The number of hydrogen-bond acceptors (Lipinski definition) is 5. The summed E-state index contributed by atoms with van der Waals surface area (Å²) >= 11 is 0. The predicted octanol–water partition coefficient (Wildman–Crippen LogP) is 0.145. The quantitative estimate of drug-likeness (QED) is 0.610. The average molecular weight is 217 g/mol. The fraction of sp³-hybridized carbons (Fsp3) is 0.778. The number of rotatable bonds is 1. The third-order valence-corrected chi connectivity index (χ3v) is 1.67. The maximum Gasteiger partial charge on any atom is 0.408 e. The van der Waals surface area contributed by atoms with Crippen LogP contribution in [0.5, 0.6) is 0 Å². The second kappa shape index (κ2) is 4.06. The second-order valence-electron chi connectivity index (χ2n) is 4.33. The zero-order valence-corrected chi connectivity index (χ0v) is 8.94. The van der Waals surface area contributed by atoms with Crippen molar-refractivity contribution in [3.8, 4) is 0 Å². The molecule has 1 aliphatic rings. The molecule has 0 aromatic heterocycles. The van der Waals surface area contributed by atoms with Crippen LogP contribution >= 0.6 is 0 Å². The van der Waals surface area contributed by atoms with Crippen molar-refractivity contribution < 1.29 is 24.2 Å². The Morgan fingerprint density at radius 3 is 2.60 bits per heavy atom. The van der Waals surface area contributed by atoms with Crippen molar-refractivity contribution >= 4 is 12.1 Å². The van der Waals surface area contributed by atoms with Crippen molar-refractivity contribution in [2.45, 2.75) is 45.1 Å². The molecule has 0 aromatic rings. The van der Waals surface area contributed by atoms with Crippen molar-refractivity contribution in [2.75, 3.05) is 0 Å². The molecule has 15 heavy (non-hydrogen) atoms. The molecular weight excluding hydrogens is 202 g/mol. The van der Waals surface area contributed by atoms with E-state index in [1.54, 1.807) is 20.8 Å². The molecule has 1 unspecified atom stereocenters. The molecule has 1 aliphatic heterocycles. The van der Waals surface area contributed by atoms with Gasteiger partial charge in [-0.05, 0) is 20.8 Å². The largest absolute Gasteiger partial charge is 0.444 e. The molecule has 0 saturated carbocycles. The van der Waals surface area contributed by atoms with E-state index in [0.29, 0.717) is 0 Å². The smallest absolute Gasteiger partial charge is 0.408 e. The monoisotopic (exact) mass is 217 g/mol. The topological polar surface area (TPSA) is 84.9 Å². The summed E-state index contributed by atoms with van der Waals surface area (Å²) in [5.74, 6) is -0.645. The van der Waals surface area contributed by atoms with Crippen molar-refractivity contribution in [1.82, 2.24) is 5.32 Å². The van der Waals surface area contributed by atoms with Crippen molar-refractivity contribution in [2.24, 2.45) is 0 Å². The Morgan fingerprint density at radius 2 is 2.20 bits per heavy atom. The summed E-state index contributed by atoms with van der Waals surface area (Å²) in [5.41, 5.74) is -0.620. The minimum Gasteiger partial charge on any atom is -0.444 e. The summed E-state index contributed by atoms with van der Waals surface area (Å²) in [6.45, 7) is 5.15. The number of cyclic esters (lactones) is 1. The molecule has 1 fully saturated rings. The molecule has 6 nitrogen and oxygen atoms in total. The van der Waals surface area contributed by atoms with Gasteiger partial charge in [-0.2, -0.15) is 0 Å². The summed E-state index contributed by atoms with van der Waals surface area (Å²) in [5, 5.41) is 11.3. The van der Waals surface area contributed by atoms with Crippen LogP contribution < -0.4 is 5.32 Å². The molecule has 1 rings (SSSR count). The number of ether oxygens (including phenoxy) is 2. The van der Waals surface area contributed by atoms with Crippen LogP contribution in [0.4, 0.5) is 4.79 Å². The lowest BCUT2D eigenvalue weighted by Crippen LogP contribution is -2.41. The Hall–Kier alpha value is -1.30. The van der Waals surface area contributed by atoms with Gasteiger partial charge in [-0.25, -0.2) is 9.59 Å². The van der Waals surface area contributed by atoms with E-state index in [9.17, 15) is 9.59 Å². The van der Waals surface area contributed by atoms with E-state index in [1.165, 1.54) is 0 Å². The number of carbonyl (C=O) groups is 2. The molecule has 0 aliphatic carbocycles. The summed E-state index contributed by atoms with van der Waals surface area (Å²) in [6, 6.07) is -0.824. The fourth-order valence-corrected chi connectivity index (χ4v) is 1.13. The van der Waals surface area contributed by atoms with Crippen molar-refractivity contribution in [3.05, 3.63) is 0 Å². The van der Waals surface area contributed by atoms with Crippen LogP contribution in [0.25, 0.3) is 0 Å². The molecule has 2 N–H and O–H groups in total. The Morgan fingerprint density at radius 1 is 1.60 bits per heavy atom. The molecule has 1 heterocycles. The first-order valence-corrected chi connectivity index (χ1v) is 4.66. The number of aliphatic hydroxyl groups is 1. The average Bonchev–Trinajstić information content (AvgIpc) is 2.25. The molecule has 0 bridgehead atoms. The SMILES string of the molecule is CC(C)(C)OC(=O)N[C@H]1CC(O)OC1=O. The lowest BCUT2D eigenvalue weighted by molar-refractivity contribution is -0.154. The van der Waals surface area contributed by atoms with Gasteiger partial charge in [0.1, 0.15) is 11.6 Å². The van der Waals surface area contributed by atoms with Crippen LogP contribution in [0.2, 0.25) is 0 Å². The fourth-order valence-electron chi connectivity index (χ4n) is 1.13. The van der Waals surface area contributed by atoms with E-state index >= 15 is 0 Å². The summed E-state index contributed by atoms with van der Waals surface area (Å²) in [6.07, 6.45) is -1.78. The van der Waals surface area contributed by atoms with Gasteiger partial charge in [0, 0.05) is 6.42 Å². The number of alkyl carbamates (subject to hydrolysis) is 1. The standard InChI is InChI=1S/C9H15NO5/c1-9(2,3)15-8(13)10-5-4-6(11)14-7(5)12/h5-6,11H,4H2,1-3H3,(H,10,13)/t5-,6?/m0/s1. The molecule has 0 aromatic carbocycles. The number of amides is 1. The summed E-state index contributed by atoms with van der Waals surface area (Å²) < 4.78 is 9.39. The van der Waals surface area contributed by atoms with Gasteiger partial charge in [-0.15, -0.1) is 0 Å². The van der Waals surface area contributed by atoms with Crippen molar-refractivity contribution in [3.63, 3.8) is 0 Å². The highest BCUT2D eigenvalue weighted by molar-refractivity contribution is 5.82. The zero-order valence-electron chi connectivity index (χ0n) is 8.94. The molecule has 0 spiro atoms. The van der Waals surface area contributed by atoms with Gasteiger partial charge in [0.05, 0.1) is 0 Å². The van der Waals surface area contributed by atoms with Crippen LogP contribution in [-0.4, -0.2) is 35.1 Å². The summed E-state index contributed by atoms with van der Waals surface area (Å²) in [7, 11) is 0. The second-order valence-corrected chi connectivity index (χ2v) is 4.33. The van der Waals surface area contributed by atoms with E-state index in [4.69, 9.17) is 9.84 Å². The Bertz CT molecular complexity index is 270. The predicted molar refractivity (Wildman–Crippen MR) is 49.9 cm³/mol. The lowest BCUT2D eigenvalue weighted by atomic mass is 10.2. The van der Waals surface area contributed by atoms with Gasteiger partial charge >= 0.3 is 12.1 Å². The molecule has 6 heteroatoms. The molecule has 86 valence electrons. The highest BCUT2D eigenvalue weighted by Crippen LogP contribution is 2.13. The third-order valence-electron chi connectivity index (χ3n) is 1.67. The van der Waals surface area contributed by atoms with E-state index in [-0.39, 0.29) is 6.42 Å². The van der Waals surface area contributed by atoms with Crippen molar-refractivity contribution in [1.29, 1.82) is 0 Å². The number of carbonyl (C=O) groups excluding carboxylic acids is 2. The molecule has 1 saturated heterocycles. The first-order valence-electron chi connectivity index (χ1n) is 4.66. The molecule has 0 radical (unpaired) electrons. The normalized spacial score (nSPS) is 26.0. The Balaban J connectivity index is 2.42. The number of hydrogen-bond donors (Lipinski definition) is 2.